The van der Waals surface area contributed by atoms with Gasteiger partial charge in [-0.05, 0) is 25.5 Å². The molecule has 0 heterocycles. The van der Waals surface area contributed by atoms with Crippen molar-refractivity contribution in [3.05, 3.63) is 35.4 Å². The third-order valence-corrected chi connectivity index (χ3v) is 5.89. The normalized spacial score (nSPS) is 13.2. The SMILES string of the molecule is CCCCCCCCCCCCCCCC(O)C(CO)NC(=O)c1ccc(C)cc1. The molecule has 0 spiro atoms. The molecule has 1 rings (SSSR count). The van der Waals surface area contributed by atoms with Crippen molar-refractivity contribution in [2.45, 2.75) is 116 Å². The second kappa shape index (κ2) is 17.3. The van der Waals surface area contributed by atoms with Gasteiger partial charge in [-0.2, -0.15) is 0 Å². The third kappa shape index (κ3) is 12.3. The van der Waals surface area contributed by atoms with Gasteiger partial charge in [0.2, 0.25) is 0 Å². The molecule has 2 atom stereocenters. The van der Waals surface area contributed by atoms with Crippen molar-refractivity contribution in [3.63, 3.8) is 0 Å². The van der Waals surface area contributed by atoms with Gasteiger partial charge in [0.05, 0.1) is 18.8 Å². The molecule has 0 aliphatic carbocycles. The van der Waals surface area contributed by atoms with Crippen LogP contribution in [0.25, 0.3) is 0 Å². The van der Waals surface area contributed by atoms with Crippen LogP contribution in [0.1, 0.15) is 113 Å². The van der Waals surface area contributed by atoms with Crippen LogP contribution in [0.5, 0.6) is 0 Å². The highest BCUT2D eigenvalue weighted by molar-refractivity contribution is 5.94. The van der Waals surface area contributed by atoms with Gasteiger partial charge in [-0.1, -0.05) is 108 Å². The summed E-state index contributed by atoms with van der Waals surface area (Å²) in [5.41, 5.74) is 1.64. The van der Waals surface area contributed by atoms with Crippen molar-refractivity contribution in [1.82, 2.24) is 5.32 Å². The van der Waals surface area contributed by atoms with E-state index in [0.717, 1.165) is 18.4 Å². The lowest BCUT2D eigenvalue weighted by Gasteiger charge is -2.22. The van der Waals surface area contributed by atoms with Crippen molar-refractivity contribution in [2.24, 2.45) is 0 Å². The van der Waals surface area contributed by atoms with Crippen molar-refractivity contribution < 1.29 is 15.0 Å². The summed E-state index contributed by atoms with van der Waals surface area (Å²) in [7, 11) is 0. The number of aryl methyl sites for hydroxylation is 1. The van der Waals surface area contributed by atoms with Gasteiger partial charge in [0.25, 0.3) is 5.91 Å². The quantitative estimate of drug-likeness (QED) is 0.258. The molecule has 0 aliphatic heterocycles. The van der Waals surface area contributed by atoms with E-state index in [4.69, 9.17) is 0 Å². The van der Waals surface area contributed by atoms with E-state index in [2.05, 4.69) is 12.2 Å². The number of rotatable bonds is 18. The van der Waals surface area contributed by atoms with Gasteiger partial charge in [-0.3, -0.25) is 4.79 Å². The fraction of sp³-hybridized carbons (Fsp3) is 0.731. The minimum absolute atomic E-state index is 0.251. The Morgan fingerprint density at radius 2 is 1.30 bits per heavy atom. The van der Waals surface area contributed by atoms with Crippen LogP contribution in [-0.2, 0) is 0 Å². The van der Waals surface area contributed by atoms with Gasteiger partial charge < -0.3 is 15.5 Å². The lowest BCUT2D eigenvalue weighted by Crippen LogP contribution is -2.45. The number of carbonyl (C=O) groups is 1. The molecular formula is C26H45NO3. The first-order valence-corrected chi connectivity index (χ1v) is 12.2. The van der Waals surface area contributed by atoms with E-state index >= 15 is 0 Å². The number of hydrogen-bond acceptors (Lipinski definition) is 3. The van der Waals surface area contributed by atoms with Gasteiger partial charge in [-0.25, -0.2) is 0 Å². The zero-order valence-electron chi connectivity index (χ0n) is 19.4. The summed E-state index contributed by atoms with van der Waals surface area (Å²) in [6, 6.07) is 6.67. The molecule has 4 heteroatoms. The van der Waals surface area contributed by atoms with Gasteiger partial charge in [-0.15, -0.1) is 0 Å². The fourth-order valence-corrected chi connectivity index (χ4v) is 3.79. The largest absolute Gasteiger partial charge is 0.394 e. The van der Waals surface area contributed by atoms with E-state index in [0.29, 0.717) is 12.0 Å². The Balaban J connectivity index is 2.06. The Hall–Kier alpha value is -1.39. The average molecular weight is 420 g/mol. The third-order valence-electron chi connectivity index (χ3n) is 5.89. The van der Waals surface area contributed by atoms with Gasteiger partial charge in [0, 0.05) is 5.56 Å². The monoisotopic (exact) mass is 419 g/mol. The number of amides is 1. The molecule has 30 heavy (non-hydrogen) atoms. The molecular weight excluding hydrogens is 374 g/mol. The van der Waals surface area contributed by atoms with Crippen molar-refractivity contribution in [2.75, 3.05) is 6.61 Å². The highest BCUT2D eigenvalue weighted by Gasteiger charge is 2.20. The van der Waals surface area contributed by atoms with Crippen LogP contribution in [0.4, 0.5) is 0 Å². The van der Waals surface area contributed by atoms with Crippen molar-refractivity contribution in [1.29, 1.82) is 0 Å². The topological polar surface area (TPSA) is 69.6 Å². The number of aliphatic hydroxyl groups excluding tert-OH is 2. The molecule has 1 aromatic carbocycles. The molecule has 0 aromatic heterocycles. The summed E-state index contributed by atoms with van der Waals surface area (Å²) >= 11 is 0. The van der Waals surface area contributed by atoms with Gasteiger partial charge in [0.1, 0.15) is 0 Å². The lowest BCUT2D eigenvalue weighted by atomic mass is 10.0. The zero-order valence-corrected chi connectivity index (χ0v) is 19.4. The maximum atomic E-state index is 12.3. The van der Waals surface area contributed by atoms with E-state index < -0.39 is 12.1 Å². The summed E-state index contributed by atoms with van der Waals surface area (Å²) in [5, 5.41) is 22.7. The predicted octanol–water partition coefficient (Wildman–Crippen LogP) is 5.93. The molecule has 0 radical (unpaired) electrons. The van der Waals surface area contributed by atoms with Crippen LogP contribution in [-0.4, -0.2) is 34.9 Å². The van der Waals surface area contributed by atoms with E-state index in [1.807, 2.05) is 19.1 Å². The van der Waals surface area contributed by atoms with Crippen LogP contribution < -0.4 is 5.32 Å². The van der Waals surface area contributed by atoms with Crippen molar-refractivity contribution in [3.8, 4) is 0 Å². The number of nitrogens with one attached hydrogen (secondary N) is 1. The average Bonchev–Trinajstić information content (AvgIpc) is 2.75. The van der Waals surface area contributed by atoms with Gasteiger partial charge >= 0.3 is 0 Å². The Kier molecular flexibility index (Phi) is 15.4. The summed E-state index contributed by atoms with van der Waals surface area (Å²) in [5.74, 6) is -0.251. The summed E-state index contributed by atoms with van der Waals surface area (Å²) in [4.78, 5) is 12.3. The molecule has 1 aromatic rings. The highest BCUT2D eigenvalue weighted by Crippen LogP contribution is 2.14. The molecule has 172 valence electrons. The molecule has 1 amide bonds. The molecule has 3 N–H and O–H groups in total. The van der Waals surface area contributed by atoms with E-state index in [1.54, 1.807) is 12.1 Å². The molecule has 0 saturated heterocycles. The Morgan fingerprint density at radius 3 is 1.77 bits per heavy atom. The molecule has 0 saturated carbocycles. The summed E-state index contributed by atoms with van der Waals surface area (Å²) < 4.78 is 0. The first-order chi connectivity index (χ1) is 14.6. The predicted molar refractivity (Wildman–Crippen MR) is 126 cm³/mol. The highest BCUT2D eigenvalue weighted by atomic mass is 16.3. The van der Waals surface area contributed by atoms with Crippen LogP contribution in [0.2, 0.25) is 0 Å². The first-order valence-electron chi connectivity index (χ1n) is 12.2. The summed E-state index contributed by atoms with van der Waals surface area (Å²) in [6.07, 6.45) is 16.7. The number of unbranched alkanes of at least 4 members (excludes halogenated alkanes) is 12. The fourth-order valence-electron chi connectivity index (χ4n) is 3.79. The molecule has 0 aliphatic rings. The number of hydrogen-bond donors (Lipinski definition) is 3. The first kappa shape index (κ1) is 26.6. The Bertz CT molecular complexity index is 544. The van der Waals surface area contributed by atoms with E-state index in [1.165, 1.54) is 70.6 Å². The molecule has 0 bridgehead atoms. The second-order valence-electron chi connectivity index (χ2n) is 8.73. The lowest BCUT2D eigenvalue weighted by molar-refractivity contribution is 0.0661. The standard InChI is InChI=1S/C26H45NO3/c1-3-4-5-6-7-8-9-10-11-12-13-14-15-16-25(29)24(21-28)27-26(30)23-19-17-22(2)18-20-23/h17-20,24-25,28-29H,3-16,21H2,1-2H3,(H,27,30). The minimum Gasteiger partial charge on any atom is -0.394 e. The zero-order chi connectivity index (χ0) is 22.0. The summed E-state index contributed by atoms with van der Waals surface area (Å²) in [6.45, 7) is 3.98. The van der Waals surface area contributed by atoms with Crippen LogP contribution in [0, 0.1) is 6.92 Å². The maximum absolute atomic E-state index is 12.3. The second-order valence-corrected chi connectivity index (χ2v) is 8.73. The Morgan fingerprint density at radius 1 is 0.833 bits per heavy atom. The van der Waals surface area contributed by atoms with Crippen LogP contribution in [0.3, 0.4) is 0 Å². The van der Waals surface area contributed by atoms with Crippen LogP contribution >= 0.6 is 0 Å². The number of aliphatic hydroxyl groups is 2. The number of benzene rings is 1. The molecule has 0 fully saturated rings. The van der Waals surface area contributed by atoms with E-state index in [9.17, 15) is 15.0 Å². The number of carbonyl (C=O) groups excluding carboxylic acids is 1. The molecule has 4 nitrogen and oxygen atoms in total. The molecule has 2 unspecified atom stereocenters. The minimum atomic E-state index is -0.711. The smallest absolute Gasteiger partial charge is 0.251 e. The van der Waals surface area contributed by atoms with Gasteiger partial charge in [0.15, 0.2) is 0 Å². The maximum Gasteiger partial charge on any atom is 0.251 e. The van der Waals surface area contributed by atoms with Crippen molar-refractivity contribution >= 4 is 5.91 Å². The Labute approximate surface area is 184 Å². The van der Waals surface area contributed by atoms with Crippen LogP contribution in [0.15, 0.2) is 24.3 Å². The van der Waals surface area contributed by atoms with E-state index in [-0.39, 0.29) is 12.5 Å².